The molecule has 0 saturated carbocycles. The average molecular weight is 1010 g/mol. The molecule has 6 N–H and O–H groups in total. The number of carbonyl (C=O) groups excluding carboxylic acids is 10. The number of rotatable bonds is 14. The number of amides is 10. The van der Waals surface area contributed by atoms with E-state index in [1.165, 1.54) is 93.3 Å². The van der Waals surface area contributed by atoms with Crippen LogP contribution >= 0.6 is 23.5 Å². The molecule has 20 nitrogen and oxygen atoms in total. The highest BCUT2D eigenvalue weighted by molar-refractivity contribution is 7.99. The second-order valence-electron chi connectivity index (χ2n) is 17.2. The van der Waals surface area contributed by atoms with Crippen LogP contribution in [0.1, 0.15) is 52.7 Å². The first-order valence-corrected chi connectivity index (χ1v) is 25.4. The van der Waals surface area contributed by atoms with E-state index in [0.717, 1.165) is 19.6 Å². The van der Waals surface area contributed by atoms with Crippen molar-refractivity contribution >= 4 is 82.6 Å². The summed E-state index contributed by atoms with van der Waals surface area (Å²) in [6.07, 6.45) is 0.0104. The number of likely N-dealkylation sites (N-methyl/N-ethyl adjacent to an activating group) is 4. The Morgan fingerprint density at radius 1 is 0.457 bits per heavy atom. The van der Waals surface area contributed by atoms with Crippen LogP contribution in [0.5, 0.6) is 0 Å². The fourth-order valence-corrected chi connectivity index (χ4v) is 8.82. The summed E-state index contributed by atoms with van der Waals surface area (Å²) < 4.78 is 0. The first-order valence-electron chi connectivity index (χ1n) is 23.1. The fraction of sp³-hybridized carbons (Fsp3) is 0.542. The van der Waals surface area contributed by atoms with Crippen molar-refractivity contribution < 1.29 is 47.9 Å². The van der Waals surface area contributed by atoms with Gasteiger partial charge in [-0.2, -0.15) is 23.5 Å². The van der Waals surface area contributed by atoms with Gasteiger partial charge < -0.3 is 51.5 Å². The fourth-order valence-electron chi connectivity index (χ4n) is 7.07. The molecule has 1 saturated heterocycles. The minimum absolute atomic E-state index is 0.00518. The quantitative estimate of drug-likeness (QED) is 0.132. The van der Waals surface area contributed by atoms with Crippen LogP contribution in [0.2, 0.25) is 0 Å². The molecule has 0 radical (unpaired) electrons. The molecule has 0 aliphatic carbocycles. The lowest BCUT2D eigenvalue weighted by molar-refractivity contribution is -0.146. The average Bonchev–Trinajstić information content (AvgIpc) is 3.34. The second kappa shape index (κ2) is 28.5. The summed E-state index contributed by atoms with van der Waals surface area (Å²) in [4.78, 5) is 141. The van der Waals surface area contributed by atoms with Crippen molar-refractivity contribution in [2.75, 3.05) is 64.3 Å². The zero-order valence-electron chi connectivity index (χ0n) is 41.7. The predicted molar refractivity (Wildman–Crippen MR) is 269 cm³/mol. The zero-order valence-corrected chi connectivity index (χ0v) is 43.4. The molecule has 1 aliphatic heterocycles. The Morgan fingerprint density at radius 2 is 0.714 bits per heavy atom. The molecule has 70 heavy (non-hydrogen) atoms. The Hall–Kier alpha value is -6.16. The van der Waals surface area contributed by atoms with Gasteiger partial charge in [0.1, 0.15) is 48.3 Å². The summed E-state index contributed by atoms with van der Waals surface area (Å²) in [7, 11) is 5.54. The van der Waals surface area contributed by atoms with Gasteiger partial charge in [0, 0.05) is 91.0 Å². The van der Waals surface area contributed by atoms with Crippen molar-refractivity contribution in [3.63, 3.8) is 0 Å². The molecule has 0 unspecified atom stereocenters. The molecule has 22 heteroatoms. The molecule has 2 aromatic carbocycles. The van der Waals surface area contributed by atoms with E-state index in [2.05, 4.69) is 31.9 Å². The topological polar surface area (TPSA) is 256 Å². The Balaban J connectivity index is 2.12. The van der Waals surface area contributed by atoms with Crippen molar-refractivity contribution in [2.45, 2.75) is 103 Å². The molecule has 2 aromatic rings. The van der Waals surface area contributed by atoms with Gasteiger partial charge >= 0.3 is 0 Å². The van der Waals surface area contributed by atoms with Crippen LogP contribution < -0.4 is 31.9 Å². The first-order chi connectivity index (χ1) is 33.0. The second-order valence-corrected chi connectivity index (χ2v) is 19.5. The number of thioether (sulfide) groups is 2. The number of benzene rings is 2. The smallest absolute Gasteiger partial charge is 0.246 e. The van der Waals surface area contributed by atoms with Gasteiger partial charge in [-0.05, 0) is 38.8 Å². The first kappa shape index (κ1) is 58.2. The molecular weight excluding hydrogens is 941 g/mol. The SMILES string of the molecule is CC(=O)NCCSC[C@@H]1NC(=O)[C@@H](C)N(C)C(=O)[C@H](Cc2ccccc2)NC(=O)[C@@H](C)N(C)C(=O)[C@H](CSCCNC(C)=O)NC(=O)[C@@H](C)N(C)C(=O)[C@H](Cc2ccccc2)NC(=O)[C@@H](C)N(C)C1=O. The molecule has 3 rings (SSSR count). The summed E-state index contributed by atoms with van der Waals surface area (Å²) >= 11 is 2.52. The van der Waals surface area contributed by atoms with Crippen molar-refractivity contribution in [3.8, 4) is 0 Å². The van der Waals surface area contributed by atoms with Crippen LogP contribution in [0, 0.1) is 0 Å². The molecular formula is C48H70N10O10S2. The van der Waals surface area contributed by atoms with Gasteiger partial charge in [0.05, 0.1) is 0 Å². The normalized spacial score (nSPS) is 24.3. The maximum atomic E-state index is 14.4. The van der Waals surface area contributed by atoms with E-state index in [4.69, 9.17) is 0 Å². The van der Waals surface area contributed by atoms with Crippen molar-refractivity contribution in [3.05, 3.63) is 71.8 Å². The Morgan fingerprint density at radius 3 is 0.986 bits per heavy atom. The van der Waals surface area contributed by atoms with Gasteiger partial charge in [-0.25, -0.2) is 0 Å². The molecule has 0 spiro atoms. The molecule has 1 heterocycles. The molecule has 384 valence electrons. The Bertz CT molecular complexity index is 2010. The zero-order chi connectivity index (χ0) is 52.2. The summed E-state index contributed by atoms with van der Waals surface area (Å²) in [5.74, 6) is -5.17. The van der Waals surface area contributed by atoms with Crippen LogP contribution in [-0.4, -0.2) is 191 Å². The summed E-state index contributed by atoms with van der Waals surface area (Å²) in [6.45, 7) is 9.14. The van der Waals surface area contributed by atoms with Crippen LogP contribution in [-0.2, 0) is 60.8 Å². The third-order valence-corrected chi connectivity index (χ3v) is 14.2. The molecule has 10 amide bonds. The number of nitrogens with zero attached hydrogens (tertiary/aromatic N) is 4. The molecule has 8 atom stereocenters. The van der Waals surface area contributed by atoms with E-state index >= 15 is 0 Å². The number of carbonyl (C=O) groups is 10. The highest BCUT2D eigenvalue weighted by atomic mass is 32.2. The summed E-state index contributed by atoms with van der Waals surface area (Å²) in [6, 6.07) is 8.00. The van der Waals surface area contributed by atoms with Gasteiger partial charge in [0.25, 0.3) is 0 Å². The minimum Gasteiger partial charge on any atom is -0.356 e. The Labute approximate surface area is 419 Å². The number of nitrogens with one attached hydrogen (secondary N) is 6. The van der Waals surface area contributed by atoms with E-state index in [1.54, 1.807) is 60.7 Å². The van der Waals surface area contributed by atoms with Gasteiger partial charge in [0.2, 0.25) is 59.1 Å². The van der Waals surface area contributed by atoms with Crippen LogP contribution in [0.15, 0.2) is 60.7 Å². The lowest BCUT2D eigenvalue weighted by Gasteiger charge is -2.34. The molecule has 1 fully saturated rings. The van der Waals surface area contributed by atoms with E-state index < -0.39 is 95.6 Å². The predicted octanol–water partition coefficient (Wildman–Crippen LogP) is -0.449. The molecule has 0 aromatic heterocycles. The highest BCUT2D eigenvalue weighted by Crippen LogP contribution is 2.15. The number of hydrogen-bond acceptors (Lipinski definition) is 12. The van der Waals surface area contributed by atoms with Crippen LogP contribution in [0.4, 0.5) is 0 Å². The lowest BCUT2D eigenvalue weighted by atomic mass is 10.0. The third kappa shape index (κ3) is 17.7. The van der Waals surface area contributed by atoms with Crippen molar-refractivity contribution in [1.82, 2.24) is 51.5 Å². The number of hydrogen-bond donors (Lipinski definition) is 6. The largest absolute Gasteiger partial charge is 0.356 e. The highest BCUT2D eigenvalue weighted by Gasteiger charge is 2.38. The van der Waals surface area contributed by atoms with Gasteiger partial charge in [-0.3, -0.25) is 47.9 Å². The maximum Gasteiger partial charge on any atom is 0.246 e. The van der Waals surface area contributed by atoms with Gasteiger partial charge in [-0.1, -0.05) is 60.7 Å². The Kier molecular flexibility index (Phi) is 23.7. The summed E-state index contributed by atoms with van der Waals surface area (Å²) in [5, 5.41) is 16.4. The third-order valence-electron chi connectivity index (χ3n) is 12.1. The van der Waals surface area contributed by atoms with Crippen molar-refractivity contribution in [1.29, 1.82) is 0 Å². The van der Waals surface area contributed by atoms with E-state index in [0.29, 0.717) is 22.6 Å². The summed E-state index contributed by atoms with van der Waals surface area (Å²) in [5.41, 5.74) is 1.37. The van der Waals surface area contributed by atoms with E-state index in [9.17, 15) is 47.9 Å². The van der Waals surface area contributed by atoms with Gasteiger partial charge in [-0.15, -0.1) is 0 Å². The minimum atomic E-state index is -1.24. The van der Waals surface area contributed by atoms with E-state index in [1.807, 2.05) is 0 Å². The molecule has 0 bridgehead atoms. The van der Waals surface area contributed by atoms with Crippen molar-refractivity contribution in [2.24, 2.45) is 0 Å². The monoisotopic (exact) mass is 1010 g/mol. The van der Waals surface area contributed by atoms with Gasteiger partial charge in [0.15, 0.2) is 0 Å². The van der Waals surface area contributed by atoms with Crippen LogP contribution in [0.25, 0.3) is 0 Å². The maximum absolute atomic E-state index is 14.4. The lowest BCUT2D eigenvalue weighted by Crippen LogP contribution is -2.61. The molecule has 1 aliphatic rings. The van der Waals surface area contributed by atoms with Crippen LogP contribution in [0.3, 0.4) is 0 Å². The standard InChI is InChI=1S/C48H70N10O10S2/c1-29-41(61)51-37(25-35-17-13-11-14-18-35)45(65)55(7)32(4)44(64)54-40(28-70-24-22-50-34(6)60)48(68)58(10)30(2)42(62)52-38(26-36-19-15-12-16-20-36)46(66)56(8)31(3)43(63)53-39(47(67)57(29)9)27-69-23-21-49-33(5)59/h11-20,29-32,37-40H,21-28H2,1-10H3,(H,49,59)(H,50,60)(H,51,61)(H,52,62)(H,53,63)(H,54,64)/t29-,30-,31-,32-,37+,38+,39+,40+/m1/s1. The van der Waals surface area contributed by atoms with E-state index in [-0.39, 0.29) is 49.3 Å².